The fraction of sp³-hybridized carbons (Fsp3) is 0.556. The van der Waals surface area contributed by atoms with Crippen LogP contribution in [0.5, 0.6) is 0 Å². The number of alkyl halides is 2. The van der Waals surface area contributed by atoms with Gasteiger partial charge in [-0.3, -0.25) is 9.69 Å². The van der Waals surface area contributed by atoms with Crippen LogP contribution in [0.1, 0.15) is 13.8 Å². The van der Waals surface area contributed by atoms with Gasteiger partial charge in [0.1, 0.15) is 6.54 Å². The number of nitrogens with zero attached hydrogens (tertiary/aromatic N) is 4. The summed E-state index contributed by atoms with van der Waals surface area (Å²) < 4.78 is 27.4. The van der Waals surface area contributed by atoms with Gasteiger partial charge in [-0.25, -0.2) is 4.98 Å². The summed E-state index contributed by atoms with van der Waals surface area (Å²) in [5, 5.41) is 0.188. The number of aromatic nitrogens is 2. The standard InChI is InChI=1S/C18H24F2N4OS/c1-13(2)11-22-7-9-23(10-8-22)16(25)12-24-15-6-4-3-5-14(15)21-18(24)26-17(19)20/h3-6,13,17H,7-12H2,1-2H3. The maximum Gasteiger partial charge on any atom is 0.291 e. The first-order valence-electron chi connectivity index (χ1n) is 8.84. The maximum absolute atomic E-state index is 12.9. The van der Waals surface area contributed by atoms with Gasteiger partial charge >= 0.3 is 0 Å². The highest BCUT2D eigenvalue weighted by Crippen LogP contribution is 2.28. The lowest BCUT2D eigenvalue weighted by Crippen LogP contribution is -2.50. The van der Waals surface area contributed by atoms with Crippen molar-refractivity contribution >= 4 is 28.7 Å². The van der Waals surface area contributed by atoms with E-state index in [1.165, 1.54) is 0 Å². The molecular weight excluding hydrogens is 358 g/mol. The van der Waals surface area contributed by atoms with E-state index in [1.807, 2.05) is 23.1 Å². The quantitative estimate of drug-likeness (QED) is 0.720. The first kappa shape index (κ1) is 19.1. The van der Waals surface area contributed by atoms with Crippen molar-refractivity contribution in [3.63, 3.8) is 0 Å². The van der Waals surface area contributed by atoms with E-state index in [4.69, 9.17) is 0 Å². The molecule has 3 rings (SSSR count). The molecule has 1 saturated heterocycles. The van der Waals surface area contributed by atoms with Gasteiger partial charge in [-0.05, 0) is 29.8 Å². The molecule has 142 valence electrons. The zero-order valence-corrected chi connectivity index (χ0v) is 15.9. The molecule has 0 spiro atoms. The molecule has 0 saturated carbocycles. The monoisotopic (exact) mass is 382 g/mol. The number of hydrogen-bond acceptors (Lipinski definition) is 4. The Morgan fingerprint density at radius 1 is 1.19 bits per heavy atom. The zero-order valence-electron chi connectivity index (χ0n) is 15.1. The fourth-order valence-corrected chi connectivity index (χ4v) is 3.91. The van der Waals surface area contributed by atoms with Crippen molar-refractivity contribution < 1.29 is 13.6 Å². The SMILES string of the molecule is CC(C)CN1CCN(C(=O)Cn2c(SC(F)F)nc3ccccc32)CC1. The van der Waals surface area contributed by atoms with Crippen LogP contribution in [0.25, 0.3) is 11.0 Å². The summed E-state index contributed by atoms with van der Waals surface area (Å²) in [4.78, 5) is 21.2. The first-order valence-corrected chi connectivity index (χ1v) is 9.72. The number of para-hydroxylation sites is 2. The molecule has 2 aromatic rings. The van der Waals surface area contributed by atoms with Crippen molar-refractivity contribution in [2.45, 2.75) is 31.3 Å². The van der Waals surface area contributed by atoms with Crippen LogP contribution in [0.15, 0.2) is 29.4 Å². The van der Waals surface area contributed by atoms with Crippen molar-refractivity contribution in [3.8, 4) is 0 Å². The topological polar surface area (TPSA) is 41.4 Å². The van der Waals surface area contributed by atoms with Crippen molar-refractivity contribution in [3.05, 3.63) is 24.3 Å². The number of thioether (sulfide) groups is 1. The van der Waals surface area contributed by atoms with Gasteiger partial charge in [-0.2, -0.15) is 8.78 Å². The third-order valence-electron chi connectivity index (χ3n) is 4.46. The van der Waals surface area contributed by atoms with Crippen molar-refractivity contribution in [1.29, 1.82) is 0 Å². The average Bonchev–Trinajstić information content (AvgIpc) is 2.91. The number of imidazole rings is 1. The van der Waals surface area contributed by atoms with Crippen LogP contribution < -0.4 is 0 Å². The fourth-order valence-electron chi connectivity index (χ4n) is 3.31. The van der Waals surface area contributed by atoms with E-state index in [0.717, 1.165) is 19.6 Å². The highest BCUT2D eigenvalue weighted by molar-refractivity contribution is 7.99. The number of piperazine rings is 1. The molecule has 0 atom stereocenters. The Hall–Kier alpha value is -1.67. The molecule has 0 radical (unpaired) electrons. The van der Waals surface area contributed by atoms with Gasteiger partial charge in [-0.15, -0.1) is 0 Å². The molecule has 2 heterocycles. The van der Waals surface area contributed by atoms with Crippen molar-refractivity contribution in [2.24, 2.45) is 5.92 Å². The Morgan fingerprint density at radius 3 is 2.54 bits per heavy atom. The van der Waals surface area contributed by atoms with Gasteiger partial charge in [0.15, 0.2) is 5.16 Å². The molecule has 1 amide bonds. The van der Waals surface area contributed by atoms with E-state index in [9.17, 15) is 13.6 Å². The number of benzene rings is 1. The highest BCUT2D eigenvalue weighted by Gasteiger charge is 2.24. The van der Waals surface area contributed by atoms with E-state index >= 15 is 0 Å². The molecule has 0 N–H and O–H groups in total. The molecule has 1 aliphatic rings. The summed E-state index contributed by atoms with van der Waals surface area (Å²) >= 11 is 0.386. The Labute approximate surface area is 156 Å². The van der Waals surface area contributed by atoms with Crippen LogP contribution in [0.2, 0.25) is 0 Å². The Morgan fingerprint density at radius 2 is 1.88 bits per heavy atom. The van der Waals surface area contributed by atoms with Crippen molar-refractivity contribution in [1.82, 2.24) is 19.4 Å². The van der Waals surface area contributed by atoms with Gasteiger partial charge in [0.25, 0.3) is 5.76 Å². The molecule has 0 unspecified atom stereocenters. The largest absolute Gasteiger partial charge is 0.339 e. The van der Waals surface area contributed by atoms with E-state index < -0.39 is 5.76 Å². The average molecular weight is 382 g/mol. The number of fused-ring (bicyclic) bond motifs is 1. The van der Waals surface area contributed by atoms with Crippen molar-refractivity contribution in [2.75, 3.05) is 32.7 Å². The Balaban J connectivity index is 1.71. The Kier molecular flexibility index (Phi) is 6.13. The minimum absolute atomic E-state index is 0.0414. The van der Waals surface area contributed by atoms with Gasteiger partial charge < -0.3 is 9.47 Å². The summed E-state index contributed by atoms with van der Waals surface area (Å²) in [5.41, 5.74) is 1.34. The predicted octanol–water partition coefficient (Wildman–Crippen LogP) is 3.15. The number of amides is 1. The lowest BCUT2D eigenvalue weighted by molar-refractivity contribution is -0.133. The zero-order chi connectivity index (χ0) is 18.7. The molecule has 1 aromatic heterocycles. The van der Waals surface area contributed by atoms with Gasteiger partial charge in [0.05, 0.1) is 11.0 Å². The molecule has 1 aliphatic heterocycles. The van der Waals surface area contributed by atoms with Crippen LogP contribution in [0, 0.1) is 5.92 Å². The third-order valence-corrected chi connectivity index (χ3v) is 5.16. The van der Waals surface area contributed by atoms with Gasteiger partial charge in [0.2, 0.25) is 5.91 Å². The summed E-state index contributed by atoms with van der Waals surface area (Å²) in [6.07, 6.45) is 0. The summed E-state index contributed by atoms with van der Waals surface area (Å²) in [7, 11) is 0. The maximum atomic E-state index is 12.9. The summed E-state index contributed by atoms with van der Waals surface area (Å²) in [6, 6.07) is 7.22. The number of carbonyl (C=O) groups excluding carboxylic acids is 1. The van der Waals surface area contributed by atoms with E-state index in [1.54, 1.807) is 10.6 Å². The van der Waals surface area contributed by atoms with Gasteiger partial charge in [0, 0.05) is 32.7 Å². The minimum atomic E-state index is -2.57. The second kappa shape index (κ2) is 8.35. The number of carbonyl (C=O) groups is 1. The number of rotatable bonds is 6. The summed E-state index contributed by atoms with van der Waals surface area (Å²) in [6.45, 7) is 8.50. The molecule has 5 nitrogen and oxygen atoms in total. The lowest BCUT2D eigenvalue weighted by Gasteiger charge is -2.35. The summed E-state index contributed by atoms with van der Waals surface area (Å²) in [5.74, 6) is -2.02. The first-order chi connectivity index (χ1) is 12.4. The predicted molar refractivity (Wildman–Crippen MR) is 99.5 cm³/mol. The Bertz CT molecular complexity index is 757. The molecule has 0 aliphatic carbocycles. The second-order valence-corrected chi connectivity index (χ2v) is 7.88. The molecule has 1 aromatic carbocycles. The van der Waals surface area contributed by atoms with E-state index in [2.05, 4.69) is 23.7 Å². The molecule has 0 bridgehead atoms. The highest BCUT2D eigenvalue weighted by atomic mass is 32.2. The van der Waals surface area contributed by atoms with E-state index in [0.29, 0.717) is 41.8 Å². The molecular formula is C18H24F2N4OS. The van der Waals surface area contributed by atoms with Crippen LogP contribution >= 0.6 is 11.8 Å². The third kappa shape index (κ3) is 4.54. The van der Waals surface area contributed by atoms with Gasteiger partial charge in [-0.1, -0.05) is 26.0 Å². The second-order valence-electron chi connectivity index (χ2n) is 6.92. The van der Waals surface area contributed by atoms with Crippen LogP contribution in [-0.2, 0) is 11.3 Å². The van der Waals surface area contributed by atoms with Crippen LogP contribution in [0.4, 0.5) is 8.78 Å². The normalized spacial score (nSPS) is 16.2. The number of hydrogen-bond donors (Lipinski definition) is 0. The molecule has 8 heteroatoms. The molecule has 26 heavy (non-hydrogen) atoms. The lowest BCUT2D eigenvalue weighted by atomic mass is 10.2. The smallest absolute Gasteiger partial charge is 0.291 e. The van der Waals surface area contributed by atoms with Crippen LogP contribution in [0.3, 0.4) is 0 Å². The minimum Gasteiger partial charge on any atom is -0.339 e. The van der Waals surface area contributed by atoms with E-state index in [-0.39, 0.29) is 17.6 Å². The number of halogens is 2. The van der Waals surface area contributed by atoms with Crippen LogP contribution in [-0.4, -0.2) is 63.7 Å². The molecule has 1 fully saturated rings.